The Morgan fingerprint density at radius 1 is 1.08 bits per heavy atom. The summed E-state index contributed by atoms with van der Waals surface area (Å²) in [7, 11) is -3.60. The zero-order chi connectivity index (χ0) is 17.2. The molecule has 1 saturated heterocycles. The Bertz CT molecular complexity index is 786. The summed E-state index contributed by atoms with van der Waals surface area (Å²) in [5.74, 6) is 0. The molecule has 1 aliphatic heterocycles. The summed E-state index contributed by atoms with van der Waals surface area (Å²) in [5, 5.41) is 2.65. The smallest absolute Gasteiger partial charge is 0.244 e. The van der Waals surface area contributed by atoms with Crippen molar-refractivity contribution in [2.45, 2.75) is 11.3 Å². The van der Waals surface area contributed by atoms with E-state index < -0.39 is 10.0 Å². The van der Waals surface area contributed by atoms with E-state index in [0.29, 0.717) is 18.1 Å². The summed E-state index contributed by atoms with van der Waals surface area (Å²) in [4.78, 5) is 3.74. The average molecular weight is 405 g/mol. The monoisotopic (exact) mass is 404 g/mol. The molecular weight excluding hydrogens is 387 g/mol. The number of sulfonamides is 1. The van der Waals surface area contributed by atoms with Crippen molar-refractivity contribution in [2.75, 3.05) is 32.7 Å². The molecule has 8 heteroatoms. The Balaban J connectivity index is 1.62. The molecule has 130 valence electrons. The summed E-state index contributed by atoms with van der Waals surface area (Å²) in [6.07, 6.45) is 1.00. The van der Waals surface area contributed by atoms with Gasteiger partial charge >= 0.3 is 0 Å². The number of hydrogen-bond acceptors (Lipinski definition) is 4. The van der Waals surface area contributed by atoms with Gasteiger partial charge in [0.2, 0.25) is 10.0 Å². The second kappa shape index (κ2) is 7.72. The van der Waals surface area contributed by atoms with Gasteiger partial charge in [0.1, 0.15) is 4.90 Å². The lowest BCUT2D eigenvalue weighted by atomic mass is 10.3. The number of halogens is 2. The van der Waals surface area contributed by atoms with E-state index in [1.807, 2.05) is 0 Å². The van der Waals surface area contributed by atoms with Gasteiger partial charge in [0.05, 0.1) is 5.02 Å². The maximum absolute atomic E-state index is 12.8. The predicted molar refractivity (Wildman–Crippen MR) is 99.7 cm³/mol. The molecule has 1 aromatic carbocycles. The summed E-state index contributed by atoms with van der Waals surface area (Å²) in [6, 6.07) is 8.72. The van der Waals surface area contributed by atoms with Crippen LogP contribution in [-0.4, -0.2) is 50.3 Å². The topological polar surface area (TPSA) is 40.6 Å². The normalized spacial score (nSPS) is 17.2. The molecule has 2 aromatic rings. The Hall–Kier alpha value is -0.630. The number of thiophene rings is 1. The van der Waals surface area contributed by atoms with Gasteiger partial charge in [0.25, 0.3) is 0 Å². The molecule has 0 unspecified atom stereocenters. The van der Waals surface area contributed by atoms with Crippen LogP contribution in [0.5, 0.6) is 0 Å². The maximum atomic E-state index is 12.8. The Kier molecular flexibility index (Phi) is 5.85. The van der Waals surface area contributed by atoms with Gasteiger partial charge < -0.3 is 4.90 Å². The van der Waals surface area contributed by atoms with E-state index in [4.69, 9.17) is 23.2 Å². The summed E-state index contributed by atoms with van der Waals surface area (Å²) in [5.41, 5.74) is 0. The van der Waals surface area contributed by atoms with E-state index in [2.05, 4.69) is 22.4 Å². The van der Waals surface area contributed by atoms with Gasteiger partial charge in [-0.25, -0.2) is 8.42 Å². The highest BCUT2D eigenvalue weighted by Crippen LogP contribution is 2.28. The lowest BCUT2D eigenvalue weighted by Crippen LogP contribution is -2.49. The van der Waals surface area contributed by atoms with Gasteiger partial charge in [-0.05, 0) is 36.1 Å². The molecular formula is C16H18Cl2N2O2S2. The van der Waals surface area contributed by atoms with Gasteiger partial charge in [0, 0.05) is 42.6 Å². The van der Waals surface area contributed by atoms with Crippen molar-refractivity contribution in [3.63, 3.8) is 0 Å². The molecule has 0 bridgehead atoms. The first-order valence-corrected chi connectivity index (χ1v) is 10.7. The summed E-state index contributed by atoms with van der Waals surface area (Å²) < 4.78 is 27.0. The van der Waals surface area contributed by atoms with E-state index in [1.165, 1.54) is 21.3 Å². The number of rotatable bonds is 5. The minimum atomic E-state index is -3.60. The number of hydrogen-bond donors (Lipinski definition) is 0. The van der Waals surface area contributed by atoms with Crippen molar-refractivity contribution >= 4 is 44.6 Å². The van der Waals surface area contributed by atoms with Crippen LogP contribution in [0.2, 0.25) is 10.0 Å². The van der Waals surface area contributed by atoms with Gasteiger partial charge in [-0.15, -0.1) is 11.3 Å². The minimum Gasteiger partial charge on any atom is -0.300 e. The molecule has 0 radical (unpaired) electrons. The third kappa shape index (κ3) is 4.12. The fourth-order valence-electron chi connectivity index (χ4n) is 2.73. The van der Waals surface area contributed by atoms with Crippen LogP contribution in [0.15, 0.2) is 40.6 Å². The highest BCUT2D eigenvalue weighted by molar-refractivity contribution is 7.89. The van der Waals surface area contributed by atoms with E-state index >= 15 is 0 Å². The van der Waals surface area contributed by atoms with E-state index in [9.17, 15) is 8.42 Å². The van der Waals surface area contributed by atoms with E-state index in [1.54, 1.807) is 17.4 Å². The molecule has 1 fully saturated rings. The number of piperazine rings is 1. The highest BCUT2D eigenvalue weighted by Gasteiger charge is 2.30. The van der Waals surface area contributed by atoms with Crippen molar-refractivity contribution in [3.05, 3.63) is 50.6 Å². The maximum Gasteiger partial charge on any atom is 0.244 e. The van der Waals surface area contributed by atoms with Crippen molar-refractivity contribution < 1.29 is 8.42 Å². The standard InChI is InChI=1S/C16H18Cl2N2O2S2/c17-13-3-4-15(18)16(12-13)24(21,22)20-9-7-19(8-10-20)6-5-14-2-1-11-23-14/h1-4,11-12H,5-10H2. The second-order valence-electron chi connectivity index (χ2n) is 5.65. The highest BCUT2D eigenvalue weighted by atomic mass is 35.5. The van der Waals surface area contributed by atoms with Crippen LogP contribution < -0.4 is 0 Å². The molecule has 0 spiro atoms. The van der Waals surface area contributed by atoms with Crippen LogP contribution in [0.3, 0.4) is 0 Å². The molecule has 0 amide bonds. The fourth-order valence-corrected chi connectivity index (χ4v) is 5.59. The Labute approximate surface area is 156 Å². The van der Waals surface area contributed by atoms with Crippen LogP contribution in [0.25, 0.3) is 0 Å². The molecule has 24 heavy (non-hydrogen) atoms. The van der Waals surface area contributed by atoms with Gasteiger partial charge in [0.15, 0.2) is 0 Å². The third-order valence-corrected chi connectivity index (χ3v) is 7.65. The van der Waals surface area contributed by atoms with Gasteiger partial charge in [-0.1, -0.05) is 29.3 Å². The molecule has 0 aliphatic carbocycles. The van der Waals surface area contributed by atoms with Crippen LogP contribution in [0.4, 0.5) is 0 Å². The molecule has 2 heterocycles. The van der Waals surface area contributed by atoms with E-state index in [0.717, 1.165) is 26.1 Å². The van der Waals surface area contributed by atoms with Crippen molar-refractivity contribution in [1.29, 1.82) is 0 Å². The summed E-state index contributed by atoms with van der Waals surface area (Å²) in [6.45, 7) is 3.34. The third-order valence-electron chi connectivity index (χ3n) is 4.10. The first-order chi connectivity index (χ1) is 11.5. The average Bonchev–Trinajstić information content (AvgIpc) is 3.09. The molecule has 4 nitrogen and oxygen atoms in total. The summed E-state index contributed by atoms with van der Waals surface area (Å²) >= 11 is 13.7. The first kappa shape index (κ1) is 18.2. The van der Waals surface area contributed by atoms with Crippen LogP contribution in [0.1, 0.15) is 4.88 Å². The van der Waals surface area contributed by atoms with Gasteiger partial charge in [-0.3, -0.25) is 0 Å². The largest absolute Gasteiger partial charge is 0.300 e. The number of benzene rings is 1. The fraction of sp³-hybridized carbons (Fsp3) is 0.375. The van der Waals surface area contributed by atoms with Crippen LogP contribution in [-0.2, 0) is 16.4 Å². The van der Waals surface area contributed by atoms with Crippen molar-refractivity contribution in [1.82, 2.24) is 9.21 Å². The lowest BCUT2D eigenvalue weighted by molar-refractivity contribution is 0.190. The SMILES string of the molecule is O=S(=O)(c1cc(Cl)ccc1Cl)N1CCN(CCc2cccs2)CC1. The van der Waals surface area contributed by atoms with Gasteiger partial charge in [-0.2, -0.15) is 4.31 Å². The lowest BCUT2D eigenvalue weighted by Gasteiger charge is -2.34. The first-order valence-electron chi connectivity index (χ1n) is 7.67. The molecule has 1 aromatic heterocycles. The second-order valence-corrected chi connectivity index (χ2v) is 9.43. The van der Waals surface area contributed by atoms with Crippen molar-refractivity contribution in [2.24, 2.45) is 0 Å². The Morgan fingerprint density at radius 3 is 2.50 bits per heavy atom. The quantitative estimate of drug-likeness (QED) is 0.763. The van der Waals surface area contributed by atoms with Crippen LogP contribution >= 0.6 is 34.5 Å². The zero-order valence-corrected chi connectivity index (χ0v) is 16.1. The van der Waals surface area contributed by atoms with Crippen LogP contribution in [0, 0.1) is 0 Å². The number of nitrogens with zero attached hydrogens (tertiary/aromatic N) is 2. The molecule has 1 aliphatic rings. The van der Waals surface area contributed by atoms with Crippen molar-refractivity contribution in [3.8, 4) is 0 Å². The molecule has 0 atom stereocenters. The molecule has 3 rings (SSSR count). The molecule has 0 saturated carbocycles. The Morgan fingerprint density at radius 2 is 1.83 bits per heavy atom. The minimum absolute atomic E-state index is 0.0868. The molecule has 0 N–H and O–H groups in total. The predicted octanol–water partition coefficient (Wildman–Crippen LogP) is 3.60. The van der Waals surface area contributed by atoms with E-state index in [-0.39, 0.29) is 9.92 Å². The zero-order valence-electron chi connectivity index (χ0n) is 13.0.